The van der Waals surface area contributed by atoms with Gasteiger partial charge in [-0.2, -0.15) is 0 Å². The molecule has 20 aromatic rings. The average Bonchev–Trinajstić information content (AvgIpc) is 1.48. The molecule has 0 amide bonds. The Morgan fingerprint density at radius 2 is 0.356 bits per heavy atom. The van der Waals surface area contributed by atoms with Crippen LogP contribution in [-0.4, -0.2) is 0 Å². The summed E-state index contributed by atoms with van der Waals surface area (Å²) in [4.78, 5) is 0. The first-order valence-electron chi connectivity index (χ1n) is 31.8. The highest BCUT2D eigenvalue weighted by atomic mass is 14.4. The Morgan fingerprint density at radius 1 is 0.133 bits per heavy atom. The monoisotopic (exact) mass is 1140 g/mol. The third kappa shape index (κ3) is 6.39. The molecule has 0 spiro atoms. The van der Waals surface area contributed by atoms with E-state index in [1.54, 1.807) is 0 Å². The number of fused-ring (bicyclic) bond motifs is 11. The van der Waals surface area contributed by atoms with Crippen molar-refractivity contribution in [2.45, 2.75) is 27.7 Å². The summed E-state index contributed by atoms with van der Waals surface area (Å²) in [6, 6.07) is 103. The highest BCUT2D eigenvalue weighted by Crippen LogP contribution is 2.61. The van der Waals surface area contributed by atoms with E-state index in [2.05, 4.69) is 295 Å². The van der Waals surface area contributed by atoms with E-state index in [1.165, 1.54) is 229 Å². The first-order chi connectivity index (χ1) is 44.4. The second-order valence-electron chi connectivity index (χ2n) is 25.7. The number of aryl methyl sites for hydroxylation is 4. The van der Waals surface area contributed by atoms with Crippen molar-refractivity contribution in [3.8, 4) is 66.8 Å². The van der Waals surface area contributed by atoms with Crippen molar-refractivity contribution in [2.24, 2.45) is 0 Å². The fourth-order valence-corrected chi connectivity index (χ4v) is 17.7. The first kappa shape index (κ1) is 49.9. The molecule has 0 atom stereocenters. The summed E-state index contributed by atoms with van der Waals surface area (Å²) in [5.74, 6) is 0. The molecular formula is C90H56. The molecule has 90 heavy (non-hydrogen) atoms. The molecule has 0 saturated carbocycles. The Labute approximate surface area is 520 Å². The molecule has 0 aliphatic rings. The molecule has 20 aromatic carbocycles. The highest BCUT2D eigenvalue weighted by Gasteiger charge is 2.33. The molecule has 0 fully saturated rings. The van der Waals surface area contributed by atoms with Gasteiger partial charge < -0.3 is 0 Å². The van der Waals surface area contributed by atoms with Crippen LogP contribution < -0.4 is 0 Å². The molecule has 0 saturated heterocycles. The molecule has 0 heteroatoms. The standard InChI is InChI=1S/C90H56/c1-49-21-17-22-50(2)73(49)61-37-39-63-67-43-47-71-83-69(45-41-65(81(67)83)59-35-19-33-57(61)79(59)63)85-75(53-25-9-5-10-26-53)89-76(54-27-11-6-12-28-54)86-70-46-42-66-60-36-20-34-58-62(74-51(3)23-18-24-52(74)4)38-40-64(80(58)60)68-44-48-72(84(70)82(66)68)88(86)78(56-31-15-8-16-32-56)90(89)77(87(71)85)55-29-13-7-14-30-55/h5-48H,1-4H3. The van der Waals surface area contributed by atoms with E-state index in [4.69, 9.17) is 0 Å². The van der Waals surface area contributed by atoms with Gasteiger partial charge in [0, 0.05) is 0 Å². The van der Waals surface area contributed by atoms with E-state index < -0.39 is 0 Å². The summed E-state index contributed by atoms with van der Waals surface area (Å²) in [5.41, 5.74) is 20.4. The Kier molecular flexibility index (Phi) is 10.1. The molecule has 0 heterocycles. The summed E-state index contributed by atoms with van der Waals surface area (Å²) in [5, 5.41) is 33.9. The summed E-state index contributed by atoms with van der Waals surface area (Å²) < 4.78 is 0. The van der Waals surface area contributed by atoms with Gasteiger partial charge in [0.05, 0.1) is 0 Å². The van der Waals surface area contributed by atoms with Gasteiger partial charge in [-0.15, -0.1) is 0 Å². The quantitative estimate of drug-likeness (QED) is 0.115. The smallest absolute Gasteiger partial charge is 0.0000928 e. The summed E-state index contributed by atoms with van der Waals surface area (Å²) >= 11 is 0. The maximum Gasteiger partial charge on any atom is -0.0000928 e. The summed E-state index contributed by atoms with van der Waals surface area (Å²) in [7, 11) is 0. The molecule has 0 N–H and O–H groups in total. The van der Waals surface area contributed by atoms with Gasteiger partial charge in [-0.3, -0.25) is 0 Å². The Hall–Kier alpha value is -11.2. The van der Waals surface area contributed by atoms with E-state index in [1.807, 2.05) is 0 Å². The second kappa shape index (κ2) is 18.2. The van der Waals surface area contributed by atoms with E-state index in [-0.39, 0.29) is 0 Å². The van der Waals surface area contributed by atoms with Crippen molar-refractivity contribution in [3.05, 3.63) is 289 Å². The topological polar surface area (TPSA) is 0 Å². The maximum absolute atomic E-state index is 2.50. The van der Waals surface area contributed by atoms with Gasteiger partial charge in [-0.1, -0.05) is 267 Å². The molecule has 20 rings (SSSR count). The zero-order valence-electron chi connectivity index (χ0n) is 50.4. The van der Waals surface area contributed by atoms with Gasteiger partial charge in [-0.05, 0) is 257 Å². The van der Waals surface area contributed by atoms with Crippen LogP contribution in [0, 0.1) is 27.7 Å². The SMILES string of the molecule is Cc1cccc(C)c1-c1ccc2c3ccc4c5c(-c6ccccc6)c6c(-c7ccccc7)c7c8ccc9c%10ccc(-c%11c(C)cccc%11C)c%11cccc(c%12ccc(c7c(-c7ccccc7)c6c(-c6ccccc6)c5c5ccc(c6cccc1c62)c3c54)c8c%129)c%11%10. The van der Waals surface area contributed by atoms with Crippen molar-refractivity contribution in [3.63, 3.8) is 0 Å². The van der Waals surface area contributed by atoms with Gasteiger partial charge in [0.1, 0.15) is 0 Å². The number of hydrogen-bond donors (Lipinski definition) is 0. The zero-order chi connectivity index (χ0) is 59.4. The predicted octanol–water partition coefficient (Wildman–Crippen LogP) is 25.7. The molecule has 0 aliphatic heterocycles. The summed E-state index contributed by atoms with van der Waals surface area (Å²) in [6.07, 6.45) is 0. The van der Waals surface area contributed by atoms with Crippen LogP contribution in [0.3, 0.4) is 0 Å². The number of rotatable bonds is 6. The minimum absolute atomic E-state index is 1.21. The molecule has 0 bridgehead atoms. The van der Waals surface area contributed by atoms with Gasteiger partial charge in [0.25, 0.3) is 0 Å². The molecule has 416 valence electrons. The van der Waals surface area contributed by atoms with Crippen LogP contribution in [0.15, 0.2) is 267 Å². The van der Waals surface area contributed by atoms with Crippen molar-refractivity contribution >= 4 is 140 Å². The minimum Gasteiger partial charge on any atom is -0.0622 e. The molecule has 0 nitrogen and oxygen atoms in total. The lowest BCUT2D eigenvalue weighted by Crippen LogP contribution is -1.96. The Bertz CT molecular complexity index is 5740. The van der Waals surface area contributed by atoms with E-state index >= 15 is 0 Å². The predicted molar refractivity (Wildman–Crippen MR) is 390 cm³/mol. The molecule has 0 unspecified atom stereocenters. The van der Waals surface area contributed by atoms with Gasteiger partial charge >= 0.3 is 0 Å². The highest BCUT2D eigenvalue weighted by molar-refractivity contribution is 6.51. The van der Waals surface area contributed by atoms with Crippen molar-refractivity contribution < 1.29 is 0 Å². The summed E-state index contributed by atoms with van der Waals surface area (Å²) in [6.45, 7) is 9.02. The fourth-order valence-electron chi connectivity index (χ4n) is 17.7. The van der Waals surface area contributed by atoms with Crippen LogP contribution in [-0.2, 0) is 0 Å². The van der Waals surface area contributed by atoms with Gasteiger partial charge in [0.15, 0.2) is 0 Å². The lowest BCUT2D eigenvalue weighted by molar-refractivity contribution is 1.39. The van der Waals surface area contributed by atoms with E-state index in [0.717, 1.165) is 0 Å². The number of benzene rings is 18. The molecule has 0 radical (unpaired) electrons. The van der Waals surface area contributed by atoms with E-state index in [0.29, 0.717) is 0 Å². The van der Waals surface area contributed by atoms with E-state index in [9.17, 15) is 0 Å². The molecule has 0 aromatic heterocycles. The zero-order valence-corrected chi connectivity index (χ0v) is 50.4. The van der Waals surface area contributed by atoms with Gasteiger partial charge in [0.2, 0.25) is 0 Å². The van der Waals surface area contributed by atoms with Crippen LogP contribution in [0.4, 0.5) is 0 Å². The largest absolute Gasteiger partial charge is 0.0622 e. The van der Waals surface area contributed by atoms with Crippen LogP contribution in [0.1, 0.15) is 22.3 Å². The van der Waals surface area contributed by atoms with Crippen LogP contribution in [0.5, 0.6) is 0 Å². The third-order valence-electron chi connectivity index (χ3n) is 21.1. The lowest BCUT2D eigenvalue weighted by atomic mass is 9.78. The second-order valence-corrected chi connectivity index (χ2v) is 25.7. The van der Waals surface area contributed by atoms with Crippen molar-refractivity contribution in [1.29, 1.82) is 0 Å². The average molecular weight is 1140 g/mol. The normalized spacial score (nSPS) is 12.4. The minimum atomic E-state index is 1.21. The molecule has 0 aliphatic carbocycles. The Balaban J connectivity index is 1.02. The van der Waals surface area contributed by atoms with Crippen LogP contribution >= 0.6 is 0 Å². The maximum atomic E-state index is 2.50. The fraction of sp³-hybridized carbons (Fsp3) is 0.0444. The number of hydrogen-bond acceptors (Lipinski definition) is 0. The van der Waals surface area contributed by atoms with Crippen molar-refractivity contribution in [1.82, 2.24) is 0 Å². The first-order valence-corrected chi connectivity index (χ1v) is 31.8. The third-order valence-corrected chi connectivity index (χ3v) is 21.1. The lowest BCUT2D eigenvalue weighted by Gasteiger charge is -2.24. The van der Waals surface area contributed by atoms with Crippen molar-refractivity contribution in [2.75, 3.05) is 0 Å². The molecular weight excluding hydrogens is 1080 g/mol. The van der Waals surface area contributed by atoms with Crippen LogP contribution in [0.25, 0.3) is 207 Å². The Morgan fingerprint density at radius 3 is 0.656 bits per heavy atom. The van der Waals surface area contributed by atoms with Crippen LogP contribution in [0.2, 0.25) is 0 Å². The van der Waals surface area contributed by atoms with Gasteiger partial charge in [-0.25, -0.2) is 0 Å².